The van der Waals surface area contributed by atoms with Gasteiger partial charge in [-0.05, 0) is 18.6 Å². The number of sulfonamides is 1. The predicted molar refractivity (Wildman–Crippen MR) is 64.4 cm³/mol. The molecule has 0 aliphatic carbocycles. The van der Waals surface area contributed by atoms with Crippen LogP contribution >= 0.6 is 0 Å². The fraction of sp³-hybridized carbons (Fsp3) is 0.455. The van der Waals surface area contributed by atoms with E-state index in [-0.39, 0.29) is 30.1 Å². The lowest BCUT2D eigenvalue weighted by molar-refractivity contribution is -0.000734. The summed E-state index contributed by atoms with van der Waals surface area (Å²) in [6, 6.07) is 4.43. The minimum Gasteiger partial charge on any atom is -0.393 e. The third-order valence-corrected chi connectivity index (χ3v) is 4.91. The SMILES string of the molecule is N#Cc1ccc(S(=O)(=O)N2CCC(O)(CO)C2)cn1. The molecular formula is C11H13N3O4S. The molecule has 0 bridgehead atoms. The van der Waals surface area contributed by atoms with Crippen molar-refractivity contribution >= 4 is 10.0 Å². The Balaban J connectivity index is 2.26. The Bertz CT molecular complexity index is 608. The molecule has 1 atom stereocenters. The van der Waals surface area contributed by atoms with Crippen molar-refractivity contribution in [3.8, 4) is 6.07 Å². The standard InChI is InChI=1S/C11H13N3O4S/c12-5-9-1-2-10(6-13-9)19(17,18)14-4-3-11(16,7-14)8-15/h1-2,6,15-16H,3-4,7-8H2. The van der Waals surface area contributed by atoms with Gasteiger partial charge in [0, 0.05) is 19.3 Å². The van der Waals surface area contributed by atoms with Crippen molar-refractivity contribution in [1.82, 2.24) is 9.29 Å². The van der Waals surface area contributed by atoms with Crippen molar-refractivity contribution in [3.63, 3.8) is 0 Å². The number of aliphatic hydroxyl groups is 2. The highest BCUT2D eigenvalue weighted by Gasteiger charge is 2.41. The molecule has 102 valence electrons. The van der Waals surface area contributed by atoms with E-state index in [1.165, 1.54) is 12.1 Å². The lowest BCUT2D eigenvalue weighted by Gasteiger charge is -2.20. The predicted octanol–water partition coefficient (Wildman–Crippen LogP) is -0.929. The fourth-order valence-electron chi connectivity index (χ4n) is 1.90. The van der Waals surface area contributed by atoms with E-state index in [9.17, 15) is 13.5 Å². The van der Waals surface area contributed by atoms with Gasteiger partial charge in [0.15, 0.2) is 0 Å². The second-order valence-corrected chi connectivity index (χ2v) is 6.40. The minimum absolute atomic E-state index is 0.0336. The van der Waals surface area contributed by atoms with Gasteiger partial charge in [-0.2, -0.15) is 9.57 Å². The molecule has 1 fully saturated rings. The lowest BCUT2D eigenvalue weighted by atomic mass is 10.1. The van der Waals surface area contributed by atoms with E-state index in [4.69, 9.17) is 10.4 Å². The van der Waals surface area contributed by atoms with Crippen molar-refractivity contribution in [2.45, 2.75) is 16.9 Å². The summed E-state index contributed by atoms with van der Waals surface area (Å²) in [4.78, 5) is 3.68. The molecule has 8 heteroatoms. The summed E-state index contributed by atoms with van der Waals surface area (Å²) in [5, 5.41) is 27.5. The molecule has 0 spiro atoms. The molecule has 2 rings (SSSR count). The topological polar surface area (TPSA) is 115 Å². The van der Waals surface area contributed by atoms with Gasteiger partial charge in [0.25, 0.3) is 0 Å². The number of hydrogen-bond acceptors (Lipinski definition) is 6. The maximum absolute atomic E-state index is 12.2. The first-order valence-corrected chi connectivity index (χ1v) is 7.05. The van der Waals surface area contributed by atoms with Crippen LogP contribution in [0, 0.1) is 11.3 Å². The second-order valence-electron chi connectivity index (χ2n) is 4.46. The third-order valence-electron chi connectivity index (χ3n) is 3.08. The number of aromatic nitrogens is 1. The molecule has 1 aromatic rings. The first-order valence-electron chi connectivity index (χ1n) is 5.61. The second kappa shape index (κ2) is 4.86. The van der Waals surface area contributed by atoms with E-state index in [0.717, 1.165) is 10.5 Å². The van der Waals surface area contributed by atoms with Gasteiger partial charge in [-0.3, -0.25) is 0 Å². The Morgan fingerprint density at radius 3 is 2.74 bits per heavy atom. The number of aliphatic hydroxyl groups excluding tert-OH is 1. The summed E-state index contributed by atoms with van der Waals surface area (Å²) < 4.78 is 25.6. The van der Waals surface area contributed by atoms with E-state index in [0.29, 0.717) is 0 Å². The average Bonchev–Trinajstić information content (AvgIpc) is 2.83. The molecule has 1 aliphatic rings. The molecule has 2 N–H and O–H groups in total. The number of pyridine rings is 1. The molecule has 1 unspecified atom stereocenters. The van der Waals surface area contributed by atoms with E-state index in [1.807, 2.05) is 0 Å². The van der Waals surface area contributed by atoms with Gasteiger partial charge in [-0.1, -0.05) is 0 Å². The molecule has 1 saturated heterocycles. The Kier molecular flexibility index (Phi) is 3.56. The number of nitrogens with zero attached hydrogens (tertiary/aromatic N) is 3. The monoisotopic (exact) mass is 283 g/mol. The summed E-state index contributed by atoms with van der Waals surface area (Å²) in [5.41, 5.74) is -1.25. The summed E-state index contributed by atoms with van der Waals surface area (Å²) in [5.74, 6) is 0. The molecule has 2 heterocycles. The Hall–Kier alpha value is -1.53. The van der Waals surface area contributed by atoms with Gasteiger partial charge < -0.3 is 10.2 Å². The largest absolute Gasteiger partial charge is 0.393 e. The summed E-state index contributed by atoms with van der Waals surface area (Å²) in [7, 11) is -3.75. The fourth-order valence-corrected chi connectivity index (χ4v) is 3.37. The van der Waals surface area contributed by atoms with Gasteiger partial charge in [0.1, 0.15) is 22.3 Å². The highest BCUT2D eigenvalue weighted by molar-refractivity contribution is 7.89. The van der Waals surface area contributed by atoms with E-state index < -0.39 is 22.2 Å². The lowest BCUT2D eigenvalue weighted by Crippen LogP contribution is -2.38. The van der Waals surface area contributed by atoms with Gasteiger partial charge in [-0.25, -0.2) is 13.4 Å². The van der Waals surface area contributed by atoms with Crippen LogP contribution in [0.5, 0.6) is 0 Å². The van der Waals surface area contributed by atoms with Crippen molar-refractivity contribution < 1.29 is 18.6 Å². The van der Waals surface area contributed by atoms with Crippen LogP contribution in [-0.4, -0.2) is 53.2 Å². The number of nitriles is 1. The molecular weight excluding hydrogens is 270 g/mol. The molecule has 1 aromatic heterocycles. The van der Waals surface area contributed by atoms with Gasteiger partial charge >= 0.3 is 0 Å². The molecule has 0 saturated carbocycles. The smallest absolute Gasteiger partial charge is 0.244 e. The van der Waals surface area contributed by atoms with Crippen LogP contribution in [0.2, 0.25) is 0 Å². The molecule has 19 heavy (non-hydrogen) atoms. The van der Waals surface area contributed by atoms with Crippen LogP contribution in [0.15, 0.2) is 23.2 Å². The van der Waals surface area contributed by atoms with Crippen LogP contribution < -0.4 is 0 Å². The summed E-state index contributed by atoms with van der Waals surface area (Å²) >= 11 is 0. The molecule has 1 aliphatic heterocycles. The zero-order valence-corrected chi connectivity index (χ0v) is 10.8. The molecule has 7 nitrogen and oxygen atoms in total. The minimum atomic E-state index is -3.75. The van der Waals surface area contributed by atoms with Gasteiger partial charge in [0.2, 0.25) is 10.0 Å². The number of β-amino-alcohol motifs (C(OH)–C–C–N with tert-alkyl or cyclic N) is 1. The molecule has 0 amide bonds. The molecule has 0 radical (unpaired) electrons. The zero-order chi connectivity index (χ0) is 14.1. The highest BCUT2D eigenvalue weighted by Crippen LogP contribution is 2.26. The highest BCUT2D eigenvalue weighted by atomic mass is 32.2. The van der Waals surface area contributed by atoms with E-state index in [2.05, 4.69) is 4.98 Å². The van der Waals surface area contributed by atoms with Crippen LogP contribution in [0.1, 0.15) is 12.1 Å². The summed E-state index contributed by atoms with van der Waals surface area (Å²) in [6.07, 6.45) is 1.30. The van der Waals surface area contributed by atoms with Gasteiger partial charge in [0.05, 0.1) is 6.61 Å². The van der Waals surface area contributed by atoms with Crippen molar-refractivity contribution in [1.29, 1.82) is 5.26 Å². The normalized spacial score (nSPS) is 24.3. The Morgan fingerprint density at radius 1 is 1.53 bits per heavy atom. The average molecular weight is 283 g/mol. The van der Waals surface area contributed by atoms with Crippen molar-refractivity contribution in [3.05, 3.63) is 24.0 Å². The zero-order valence-electron chi connectivity index (χ0n) is 10.0. The van der Waals surface area contributed by atoms with Crippen LogP contribution in [0.4, 0.5) is 0 Å². The molecule has 0 aromatic carbocycles. The summed E-state index contributed by atoms with van der Waals surface area (Å²) in [6.45, 7) is -0.490. The van der Waals surface area contributed by atoms with Crippen LogP contribution in [0.3, 0.4) is 0 Å². The Labute approximate surface area is 110 Å². The van der Waals surface area contributed by atoms with E-state index >= 15 is 0 Å². The maximum Gasteiger partial charge on any atom is 0.244 e. The van der Waals surface area contributed by atoms with Crippen LogP contribution in [-0.2, 0) is 10.0 Å². The number of hydrogen-bond donors (Lipinski definition) is 2. The van der Waals surface area contributed by atoms with Crippen molar-refractivity contribution in [2.75, 3.05) is 19.7 Å². The van der Waals surface area contributed by atoms with Crippen LogP contribution in [0.25, 0.3) is 0 Å². The van der Waals surface area contributed by atoms with Crippen molar-refractivity contribution in [2.24, 2.45) is 0 Å². The third kappa shape index (κ3) is 2.59. The number of rotatable bonds is 3. The first kappa shape index (κ1) is 13.9. The maximum atomic E-state index is 12.2. The Morgan fingerprint density at radius 2 is 2.26 bits per heavy atom. The first-order chi connectivity index (χ1) is 8.91. The van der Waals surface area contributed by atoms with Gasteiger partial charge in [-0.15, -0.1) is 0 Å². The van der Waals surface area contributed by atoms with E-state index in [1.54, 1.807) is 6.07 Å². The quantitative estimate of drug-likeness (QED) is 0.740.